The number of nitrogens with two attached hydrogens (primary N) is 1. The lowest BCUT2D eigenvalue weighted by Gasteiger charge is -2.27. The van der Waals surface area contributed by atoms with Crippen LogP contribution in [0, 0.1) is 0 Å². The lowest BCUT2D eigenvalue weighted by molar-refractivity contribution is -0.131. The summed E-state index contributed by atoms with van der Waals surface area (Å²) in [5, 5.41) is 5.74. The topological polar surface area (TPSA) is 96.7 Å². The third-order valence-corrected chi connectivity index (χ3v) is 4.54. The van der Waals surface area contributed by atoms with Crippen molar-refractivity contribution in [3.63, 3.8) is 0 Å². The molecule has 2 amide bonds. The van der Waals surface area contributed by atoms with Gasteiger partial charge in [-0.15, -0.1) is 24.8 Å². The third kappa shape index (κ3) is 10.3. The van der Waals surface area contributed by atoms with E-state index in [0.717, 1.165) is 44.8 Å². The maximum Gasteiger partial charge on any atom is 0.242 e. The van der Waals surface area contributed by atoms with E-state index in [1.54, 1.807) is 13.8 Å². The molecule has 1 aliphatic rings. The van der Waals surface area contributed by atoms with E-state index in [-0.39, 0.29) is 36.6 Å². The molecule has 0 radical (unpaired) electrons. The maximum absolute atomic E-state index is 12.7. The van der Waals surface area contributed by atoms with Crippen LogP contribution in [0.3, 0.4) is 0 Å². The highest BCUT2D eigenvalue weighted by Gasteiger charge is 2.28. The summed E-state index contributed by atoms with van der Waals surface area (Å²) in [5.74, 6) is -0.523. The monoisotopic (exact) mass is 448 g/mol. The molecule has 0 unspecified atom stereocenters. The van der Waals surface area contributed by atoms with Crippen LogP contribution in [0.25, 0.3) is 0 Å². The minimum atomic E-state index is -1.04. The molecule has 0 spiro atoms. The number of morpholine rings is 1. The zero-order chi connectivity index (χ0) is 19.7. The van der Waals surface area contributed by atoms with E-state index < -0.39 is 11.6 Å². The Morgan fingerprint density at radius 3 is 2.38 bits per heavy atom. The van der Waals surface area contributed by atoms with Crippen molar-refractivity contribution in [1.82, 2.24) is 15.5 Å². The molecule has 1 atom stereocenters. The van der Waals surface area contributed by atoms with E-state index in [0.29, 0.717) is 13.0 Å². The van der Waals surface area contributed by atoms with Crippen LogP contribution < -0.4 is 16.4 Å². The lowest BCUT2D eigenvalue weighted by atomic mass is 10.0. The maximum atomic E-state index is 12.7. The van der Waals surface area contributed by atoms with E-state index in [1.807, 2.05) is 30.3 Å². The number of rotatable bonds is 9. The number of nitrogens with zero attached hydrogens (tertiary/aromatic N) is 1. The van der Waals surface area contributed by atoms with E-state index in [4.69, 9.17) is 10.5 Å². The largest absolute Gasteiger partial charge is 0.379 e. The van der Waals surface area contributed by atoms with Crippen molar-refractivity contribution in [3.05, 3.63) is 35.9 Å². The van der Waals surface area contributed by atoms with Gasteiger partial charge in [0.25, 0.3) is 0 Å². The van der Waals surface area contributed by atoms with E-state index in [1.165, 1.54) is 0 Å². The molecule has 9 heteroatoms. The summed E-state index contributed by atoms with van der Waals surface area (Å²) in [5.41, 5.74) is 5.82. The van der Waals surface area contributed by atoms with E-state index in [9.17, 15) is 9.59 Å². The molecule has 1 aromatic rings. The Bertz CT molecular complexity index is 605. The molecule has 0 bridgehead atoms. The molecule has 2 rings (SSSR count). The summed E-state index contributed by atoms with van der Waals surface area (Å²) >= 11 is 0. The van der Waals surface area contributed by atoms with Gasteiger partial charge in [0.1, 0.15) is 6.04 Å². The van der Waals surface area contributed by atoms with Gasteiger partial charge in [-0.05, 0) is 32.4 Å². The van der Waals surface area contributed by atoms with Gasteiger partial charge < -0.3 is 21.1 Å². The predicted octanol–water partition coefficient (Wildman–Crippen LogP) is 1.13. The minimum absolute atomic E-state index is 0. The fourth-order valence-corrected chi connectivity index (χ4v) is 2.87. The predicted molar refractivity (Wildman–Crippen MR) is 120 cm³/mol. The van der Waals surface area contributed by atoms with Crippen molar-refractivity contribution >= 4 is 36.6 Å². The minimum Gasteiger partial charge on any atom is -0.379 e. The summed E-state index contributed by atoms with van der Waals surface area (Å²) in [6, 6.07) is 9.00. The van der Waals surface area contributed by atoms with Gasteiger partial charge in [0, 0.05) is 26.1 Å². The van der Waals surface area contributed by atoms with Crippen LogP contribution in [0.2, 0.25) is 0 Å². The fourth-order valence-electron chi connectivity index (χ4n) is 2.87. The molecule has 1 heterocycles. The average Bonchev–Trinajstić information content (AvgIpc) is 2.65. The van der Waals surface area contributed by atoms with E-state index >= 15 is 0 Å². The Kier molecular flexibility index (Phi) is 13.1. The molecule has 1 fully saturated rings. The first-order valence-corrected chi connectivity index (χ1v) is 9.58. The van der Waals surface area contributed by atoms with Gasteiger partial charge >= 0.3 is 0 Å². The molecular formula is C20H34Cl2N4O3. The number of halogens is 2. The van der Waals surface area contributed by atoms with Crippen LogP contribution in [0.15, 0.2) is 30.3 Å². The summed E-state index contributed by atoms with van der Waals surface area (Å²) in [4.78, 5) is 27.3. The number of carbonyl (C=O) groups is 2. The third-order valence-electron chi connectivity index (χ3n) is 4.54. The Morgan fingerprint density at radius 1 is 1.17 bits per heavy atom. The van der Waals surface area contributed by atoms with Crippen LogP contribution in [-0.2, 0) is 20.7 Å². The summed E-state index contributed by atoms with van der Waals surface area (Å²) < 4.78 is 5.33. The number of hydrogen-bond acceptors (Lipinski definition) is 5. The van der Waals surface area contributed by atoms with Gasteiger partial charge in [0.05, 0.1) is 18.8 Å². The number of carbonyl (C=O) groups excluding carboxylic acids is 2. The Labute approximate surface area is 185 Å². The zero-order valence-corrected chi connectivity index (χ0v) is 18.8. The summed E-state index contributed by atoms with van der Waals surface area (Å²) in [7, 11) is 0. The second-order valence-electron chi connectivity index (χ2n) is 7.54. The molecular weight excluding hydrogens is 415 g/mol. The Balaban J connectivity index is 0.00000392. The molecule has 29 heavy (non-hydrogen) atoms. The molecule has 0 aliphatic carbocycles. The lowest BCUT2D eigenvalue weighted by Crippen LogP contribution is -2.56. The SMILES string of the molecule is CC(C)(N)C(=O)N[C@H](Cc1ccccc1)C(=O)NCCCN1CCOCC1.Cl.Cl. The number of hydrogen-bond donors (Lipinski definition) is 3. The average molecular weight is 449 g/mol. The van der Waals surface area contributed by atoms with Gasteiger partial charge in [-0.2, -0.15) is 0 Å². The molecule has 7 nitrogen and oxygen atoms in total. The van der Waals surface area contributed by atoms with Crippen molar-refractivity contribution in [2.75, 3.05) is 39.4 Å². The molecule has 0 saturated carbocycles. The van der Waals surface area contributed by atoms with Crippen LogP contribution in [-0.4, -0.2) is 67.7 Å². The molecule has 166 valence electrons. The quantitative estimate of drug-likeness (QED) is 0.492. The zero-order valence-electron chi connectivity index (χ0n) is 17.2. The van der Waals surface area contributed by atoms with Crippen LogP contribution >= 0.6 is 24.8 Å². The highest BCUT2D eigenvalue weighted by molar-refractivity contribution is 5.91. The van der Waals surface area contributed by atoms with Crippen molar-refractivity contribution in [1.29, 1.82) is 0 Å². The Morgan fingerprint density at radius 2 is 1.79 bits per heavy atom. The van der Waals surface area contributed by atoms with Crippen molar-refractivity contribution in [3.8, 4) is 0 Å². The second-order valence-corrected chi connectivity index (χ2v) is 7.54. The number of benzene rings is 1. The van der Waals surface area contributed by atoms with Gasteiger partial charge in [-0.25, -0.2) is 0 Å². The number of nitrogens with one attached hydrogen (secondary N) is 2. The molecule has 4 N–H and O–H groups in total. The standard InChI is InChI=1S/C20H32N4O3.2ClH/c1-20(2,21)19(26)23-17(15-16-7-4-3-5-8-16)18(25)22-9-6-10-24-11-13-27-14-12-24;;/h3-5,7-8,17H,6,9-15,21H2,1-2H3,(H,22,25)(H,23,26);2*1H/t17-;;/m1../s1. The smallest absolute Gasteiger partial charge is 0.242 e. The first-order valence-electron chi connectivity index (χ1n) is 9.58. The van der Waals surface area contributed by atoms with Gasteiger partial charge in [-0.1, -0.05) is 30.3 Å². The Hall–Kier alpha value is -1.38. The van der Waals surface area contributed by atoms with E-state index in [2.05, 4.69) is 15.5 Å². The first-order chi connectivity index (χ1) is 12.9. The molecule has 1 aliphatic heterocycles. The molecule has 0 aromatic heterocycles. The fraction of sp³-hybridized carbons (Fsp3) is 0.600. The van der Waals surface area contributed by atoms with Crippen molar-refractivity contribution < 1.29 is 14.3 Å². The summed E-state index contributed by atoms with van der Waals surface area (Å²) in [6.07, 6.45) is 1.29. The van der Waals surface area contributed by atoms with Crippen molar-refractivity contribution in [2.24, 2.45) is 5.73 Å². The molecule has 1 saturated heterocycles. The number of ether oxygens (including phenoxy) is 1. The van der Waals surface area contributed by atoms with Crippen LogP contribution in [0.4, 0.5) is 0 Å². The van der Waals surface area contributed by atoms with Gasteiger partial charge in [-0.3, -0.25) is 14.5 Å². The van der Waals surface area contributed by atoms with Gasteiger partial charge in [0.15, 0.2) is 0 Å². The van der Waals surface area contributed by atoms with Crippen molar-refractivity contribution in [2.45, 2.75) is 38.3 Å². The first kappa shape index (κ1) is 27.6. The normalized spacial score (nSPS) is 15.4. The highest BCUT2D eigenvalue weighted by atomic mass is 35.5. The van der Waals surface area contributed by atoms with Crippen LogP contribution in [0.1, 0.15) is 25.8 Å². The highest BCUT2D eigenvalue weighted by Crippen LogP contribution is 2.06. The van der Waals surface area contributed by atoms with Crippen LogP contribution in [0.5, 0.6) is 0 Å². The number of amides is 2. The summed E-state index contributed by atoms with van der Waals surface area (Å²) in [6.45, 7) is 8.17. The second kappa shape index (κ2) is 13.8. The van der Waals surface area contributed by atoms with Gasteiger partial charge in [0.2, 0.25) is 11.8 Å². The molecule has 1 aromatic carbocycles.